The van der Waals surface area contributed by atoms with Crippen LogP contribution in [0.1, 0.15) is 21.7 Å². The third-order valence-corrected chi connectivity index (χ3v) is 5.52. The van der Waals surface area contributed by atoms with Gasteiger partial charge in [0.05, 0.1) is 0 Å². The molecule has 0 unspecified atom stereocenters. The standard InChI is InChI=1S/C22H26N6O/c1-16-24-25-22(26(16)2)28-11-9-27(10-12-28)21(29)20-8-4-7-19(14-20)18-6-3-5-17(13-18)15-23/h3-8,13-14H,9-12,15,23H2,1-2H3. The lowest BCUT2D eigenvalue weighted by atomic mass is 10.0. The SMILES string of the molecule is Cc1nnc(N2CCN(C(=O)c3cccc(-c4cccc(CN)c4)c3)CC2)n1C. The van der Waals surface area contributed by atoms with Crippen LogP contribution in [0.25, 0.3) is 11.1 Å². The average molecular weight is 390 g/mol. The Balaban J connectivity index is 1.47. The number of amides is 1. The predicted molar refractivity (Wildman–Crippen MR) is 114 cm³/mol. The maximum Gasteiger partial charge on any atom is 0.253 e. The largest absolute Gasteiger partial charge is 0.337 e. The van der Waals surface area contributed by atoms with Gasteiger partial charge in [0.25, 0.3) is 5.91 Å². The molecule has 150 valence electrons. The van der Waals surface area contributed by atoms with E-state index in [0.717, 1.165) is 41.6 Å². The van der Waals surface area contributed by atoms with Crippen LogP contribution in [-0.4, -0.2) is 51.8 Å². The zero-order valence-electron chi connectivity index (χ0n) is 16.9. The van der Waals surface area contributed by atoms with E-state index < -0.39 is 0 Å². The van der Waals surface area contributed by atoms with Gasteiger partial charge in [0.1, 0.15) is 5.82 Å². The minimum Gasteiger partial charge on any atom is -0.337 e. The smallest absolute Gasteiger partial charge is 0.253 e. The predicted octanol–water partition coefficient (Wildman–Crippen LogP) is 2.21. The second-order valence-electron chi connectivity index (χ2n) is 7.37. The normalized spacial score (nSPS) is 14.3. The molecule has 0 aliphatic carbocycles. The summed E-state index contributed by atoms with van der Waals surface area (Å²) < 4.78 is 1.98. The number of benzene rings is 2. The Morgan fingerprint density at radius 3 is 2.34 bits per heavy atom. The molecule has 0 radical (unpaired) electrons. The van der Waals surface area contributed by atoms with E-state index in [0.29, 0.717) is 25.2 Å². The summed E-state index contributed by atoms with van der Waals surface area (Å²) in [5.74, 6) is 1.81. The monoisotopic (exact) mass is 390 g/mol. The van der Waals surface area contributed by atoms with Crippen LogP contribution in [0.2, 0.25) is 0 Å². The van der Waals surface area contributed by atoms with E-state index in [9.17, 15) is 4.79 Å². The van der Waals surface area contributed by atoms with E-state index in [2.05, 4.69) is 21.2 Å². The van der Waals surface area contributed by atoms with Crippen molar-refractivity contribution in [2.75, 3.05) is 31.1 Å². The highest BCUT2D eigenvalue weighted by Gasteiger charge is 2.24. The van der Waals surface area contributed by atoms with Gasteiger partial charge in [-0.25, -0.2) is 0 Å². The molecule has 7 nitrogen and oxygen atoms in total. The Morgan fingerprint density at radius 2 is 1.69 bits per heavy atom. The number of carbonyl (C=O) groups excluding carboxylic acids is 1. The number of aryl methyl sites for hydroxylation is 1. The van der Waals surface area contributed by atoms with Gasteiger partial charge >= 0.3 is 0 Å². The Bertz CT molecular complexity index is 1020. The van der Waals surface area contributed by atoms with Crippen molar-refractivity contribution in [2.45, 2.75) is 13.5 Å². The molecule has 2 aromatic carbocycles. The molecule has 4 rings (SSSR count). The van der Waals surface area contributed by atoms with Gasteiger partial charge in [0.15, 0.2) is 0 Å². The van der Waals surface area contributed by atoms with E-state index in [4.69, 9.17) is 5.73 Å². The van der Waals surface area contributed by atoms with Crippen molar-refractivity contribution < 1.29 is 4.79 Å². The quantitative estimate of drug-likeness (QED) is 0.739. The number of rotatable bonds is 4. The zero-order chi connectivity index (χ0) is 20.4. The van der Waals surface area contributed by atoms with Gasteiger partial charge in [0, 0.05) is 45.3 Å². The molecule has 1 aliphatic heterocycles. The van der Waals surface area contributed by atoms with Crippen molar-refractivity contribution in [3.8, 4) is 11.1 Å². The van der Waals surface area contributed by atoms with Gasteiger partial charge in [-0.1, -0.05) is 30.3 Å². The van der Waals surface area contributed by atoms with E-state index >= 15 is 0 Å². The van der Waals surface area contributed by atoms with E-state index in [-0.39, 0.29) is 5.91 Å². The number of nitrogens with zero attached hydrogens (tertiary/aromatic N) is 5. The summed E-state index contributed by atoms with van der Waals surface area (Å²) in [7, 11) is 1.97. The van der Waals surface area contributed by atoms with Gasteiger partial charge in [0.2, 0.25) is 5.95 Å². The third kappa shape index (κ3) is 3.86. The van der Waals surface area contributed by atoms with E-state index in [1.54, 1.807) is 0 Å². The van der Waals surface area contributed by atoms with Crippen LogP contribution in [0.3, 0.4) is 0 Å². The molecule has 1 fully saturated rings. The van der Waals surface area contributed by atoms with Crippen molar-refractivity contribution in [1.29, 1.82) is 0 Å². The molecule has 0 saturated carbocycles. The van der Waals surface area contributed by atoms with Crippen molar-refractivity contribution >= 4 is 11.9 Å². The minimum absolute atomic E-state index is 0.0654. The lowest BCUT2D eigenvalue weighted by Crippen LogP contribution is -2.49. The maximum atomic E-state index is 13.1. The summed E-state index contributed by atoms with van der Waals surface area (Å²) in [5.41, 5.74) is 9.65. The topological polar surface area (TPSA) is 80.3 Å². The van der Waals surface area contributed by atoms with Crippen LogP contribution in [0, 0.1) is 6.92 Å². The summed E-state index contributed by atoms with van der Waals surface area (Å²) in [6, 6.07) is 16.0. The second-order valence-corrected chi connectivity index (χ2v) is 7.37. The number of piperazine rings is 1. The number of nitrogens with two attached hydrogens (primary N) is 1. The minimum atomic E-state index is 0.0654. The second kappa shape index (κ2) is 8.05. The maximum absolute atomic E-state index is 13.1. The summed E-state index contributed by atoms with van der Waals surface area (Å²) in [4.78, 5) is 17.2. The molecule has 3 aromatic rings. The number of aromatic nitrogens is 3. The van der Waals surface area contributed by atoms with Crippen molar-refractivity contribution in [3.63, 3.8) is 0 Å². The molecule has 1 aromatic heterocycles. The van der Waals surface area contributed by atoms with Crippen LogP contribution < -0.4 is 10.6 Å². The lowest BCUT2D eigenvalue weighted by molar-refractivity contribution is 0.0746. The first-order valence-electron chi connectivity index (χ1n) is 9.86. The fourth-order valence-corrected chi connectivity index (χ4v) is 3.67. The van der Waals surface area contributed by atoms with Crippen molar-refractivity contribution in [3.05, 3.63) is 65.5 Å². The first kappa shape index (κ1) is 19.1. The van der Waals surface area contributed by atoms with Gasteiger partial charge in [-0.2, -0.15) is 0 Å². The molecule has 1 amide bonds. The van der Waals surface area contributed by atoms with Crippen LogP contribution in [-0.2, 0) is 13.6 Å². The molecule has 29 heavy (non-hydrogen) atoms. The summed E-state index contributed by atoms with van der Waals surface area (Å²) in [5, 5.41) is 8.38. The van der Waals surface area contributed by atoms with Gasteiger partial charge in [-0.3, -0.25) is 4.79 Å². The average Bonchev–Trinajstić information content (AvgIpc) is 3.12. The van der Waals surface area contributed by atoms with Crippen LogP contribution >= 0.6 is 0 Å². The summed E-state index contributed by atoms with van der Waals surface area (Å²) in [6.45, 7) is 5.26. The molecule has 7 heteroatoms. The fraction of sp³-hybridized carbons (Fsp3) is 0.318. The van der Waals surface area contributed by atoms with E-state index in [1.807, 2.05) is 65.9 Å². The van der Waals surface area contributed by atoms with Gasteiger partial charge < -0.3 is 20.1 Å². The van der Waals surface area contributed by atoms with Crippen molar-refractivity contribution in [1.82, 2.24) is 19.7 Å². The highest BCUT2D eigenvalue weighted by molar-refractivity contribution is 5.95. The molecule has 2 N–H and O–H groups in total. The molecule has 0 bridgehead atoms. The number of anilines is 1. The Kier molecular flexibility index (Phi) is 5.31. The fourth-order valence-electron chi connectivity index (χ4n) is 3.67. The highest BCUT2D eigenvalue weighted by Crippen LogP contribution is 2.23. The van der Waals surface area contributed by atoms with Crippen LogP contribution in [0.5, 0.6) is 0 Å². The first-order chi connectivity index (χ1) is 14.1. The van der Waals surface area contributed by atoms with Crippen molar-refractivity contribution in [2.24, 2.45) is 12.8 Å². The third-order valence-electron chi connectivity index (χ3n) is 5.52. The van der Waals surface area contributed by atoms with Gasteiger partial charge in [-0.05, 0) is 41.8 Å². The molecular formula is C22H26N6O. The summed E-state index contributed by atoms with van der Waals surface area (Å²) in [6.07, 6.45) is 0. The summed E-state index contributed by atoms with van der Waals surface area (Å²) >= 11 is 0. The Labute approximate surface area is 170 Å². The lowest BCUT2D eigenvalue weighted by Gasteiger charge is -2.35. The Morgan fingerprint density at radius 1 is 1.00 bits per heavy atom. The molecule has 2 heterocycles. The molecule has 0 spiro atoms. The molecular weight excluding hydrogens is 364 g/mol. The van der Waals surface area contributed by atoms with Crippen LogP contribution in [0.15, 0.2) is 48.5 Å². The van der Waals surface area contributed by atoms with Gasteiger partial charge in [-0.15, -0.1) is 10.2 Å². The molecule has 1 aliphatic rings. The Hall–Kier alpha value is -3.19. The number of hydrogen-bond acceptors (Lipinski definition) is 5. The number of hydrogen-bond donors (Lipinski definition) is 1. The molecule has 1 saturated heterocycles. The molecule has 0 atom stereocenters. The zero-order valence-corrected chi connectivity index (χ0v) is 16.9. The van der Waals surface area contributed by atoms with E-state index in [1.165, 1.54) is 0 Å². The van der Waals surface area contributed by atoms with Crippen LogP contribution in [0.4, 0.5) is 5.95 Å². The first-order valence-corrected chi connectivity index (χ1v) is 9.86. The highest BCUT2D eigenvalue weighted by atomic mass is 16.2. The number of carbonyl (C=O) groups is 1.